The van der Waals surface area contributed by atoms with Gasteiger partial charge in [0.1, 0.15) is 6.54 Å². The molecular weight excluding hydrogens is 346 g/mol. The molecule has 0 aliphatic carbocycles. The van der Waals surface area contributed by atoms with Crippen LogP contribution in [-0.2, 0) is 14.4 Å². The standard InChI is InChI=1S/C19H19N5O3/c25-16(20-14-7-3-1-4-8-14)13-24-18(27)17(26)23-12-11-22(19(23)21-24)15-9-5-2-6-10-15/h1-10,19,21H,11-13H2,(H,20,25). The van der Waals surface area contributed by atoms with E-state index in [0.29, 0.717) is 18.8 Å². The Labute approximate surface area is 156 Å². The molecule has 0 radical (unpaired) electrons. The third-order valence-corrected chi connectivity index (χ3v) is 4.58. The molecule has 2 N–H and O–H groups in total. The Balaban J connectivity index is 1.48. The predicted octanol–water partition coefficient (Wildman–Crippen LogP) is 0.604. The number of nitrogens with one attached hydrogen (secondary N) is 2. The second-order valence-corrected chi connectivity index (χ2v) is 6.34. The Bertz CT molecular complexity index is 858. The van der Waals surface area contributed by atoms with Crippen LogP contribution in [0.4, 0.5) is 11.4 Å². The minimum absolute atomic E-state index is 0.258. The molecule has 2 aliphatic heterocycles. The average molecular weight is 365 g/mol. The number of nitrogens with zero attached hydrogens (tertiary/aromatic N) is 3. The Hall–Kier alpha value is -3.39. The number of amides is 3. The van der Waals surface area contributed by atoms with E-state index in [1.807, 2.05) is 41.3 Å². The fourth-order valence-corrected chi connectivity index (χ4v) is 3.29. The van der Waals surface area contributed by atoms with Gasteiger partial charge in [0.2, 0.25) is 5.91 Å². The largest absolute Gasteiger partial charge is 0.336 e. The number of carbonyl (C=O) groups excluding carboxylic acids is 3. The molecular formula is C19H19N5O3. The number of carbonyl (C=O) groups is 3. The van der Waals surface area contributed by atoms with E-state index in [1.165, 1.54) is 4.90 Å². The van der Waals surface area contributed by atoms with Crippen LogP contribution < -0.4 is 15.6 Å². The minimum atomic E-state index is -0.732. The van der Waals surface area contributed by atoms with E-state index in [9.17, 15) is 14.4 Å². The Morgan fingerprint density at radius 1 is 0.926 bits per heavy atom. The van der Waals surface area contributed by atoms with Crippen molar-refractivity contribution in [1.29, 1.82) is 0 Å². The molecule has 2 fully saturated rings. The van der Waals surface area contributed by atoms with Crippen molar-refractivity contribution in [2.24, 2.45) is 0 Å². The molecule has 8 nitrogen and oxygen atoms in total. The summed E-state index contributed by atoms with van der Waals surface area (Å²) in [5.74, 6) is -1.72. The van der Waals surface area contributed by atoms with E-state index < -0.39 is 18.1 Å². The number of benzene rings is 2. The van der Waals surface area contributed by atoms with E-state index >= 15 is 0 Å². The summed E-state index contributed by atoms with van der Waals surface area (Å²) in [7, 11) is 0. The van der Waals surface area contributed by atoms with Crippen LogP contribution in [0.2, 0.25) is 0 Å². The van der Waals surface area contributed by atoms with Gasteiger partial charge in [-0.05, 0) is 24.3 Å². The number of hydrazine groups is 1. The van der Waals surface area contributed by atoms with Gasteiger partial charge in [0.05, 0.1) is 0 Å². The van der Waals surface area contributed by atoms with Crippen LogP contribution in [0.15, 0.2) is 60.7 Å². The molecule has 2 aromatic rings. The van der Waals surface area contributed by atoms with Gasteiger partial charge < -0.3 is 10.2 Å². The van der Waals surface area contributed by atoms with Crippen LogP contribution in [0, 0.1) is 0 Å². The highest BCUT2D eigenvalue weighted by atomic mass is 16.2. The van der Waals surface area contributed by atoms with Crippen LogP contribution in [0.5, 0.6) is 0 Å². The second-order valence-electron chi connectivity index (χ2n) is 6.34. The van der Waals surface area contributed by atoms with Crippen molar-refractivity contribution in [2.75, 3.05) is 29.9 Å². The molecule has 0 saturated carbocycles. The van der Waals surface area contributed by atoms with Gasteiger partial charge in [-0.15, -0.1) is 0 Å². The number of para-hydroxylation sites is 2. The minimum Gasteiger partial charge on any atom is -0.336 e. The summed E-state index contributed by atoms with van der Waals surface area (Å²) in [6, 6.07) is 18.6. The van der Waals surface area contributed by atoms with Crippen molar-refractivity contribution < 1.29 is 14.4 Å². The number of rotatable bonds is 4. The molecule has 0 aromatic heterocycles. The van der Waals surface area contributed by atoms with E-state index in [-0.39, 0.29) is 12.5 Å². The number of hydrogen-bond acceptors (Lipinski definition) is 5. The summed E-state index contributed by atoms with van der Waals surface area (Å²) < 4.78 is 0. The SMILES string of the molecule is O=C(CN1NC2N(CCN2c2ccccc2)C(=O)C1=O)Nc1ccccc1. The lowest BCUT2D eigenvalue weighted by molar-refractivity contribution is -0.163. The zero-order valence-corrected chi connectivity index (χ0v) is 14.5. The predicted molar refractivity (Wildman–Crippen MR) is 99.2 cm³/mol. The highest BCUT2D eigenvalue weighted by Crippen LogP contribution is 2.24. The van der Waals surface area contributed by atoms with Gasteiger partial charge in [0.25, 0.3) is 0 Å². The fraction of sp³-hybridized carbons (Fsp3) is 0.211. The van der Waals surface area contributed by atoms with Crippen LogP contribution in [0.1, 0.15) is 0 Å². The molecule has 8 heteroatoms. The summed E-state index contributed by atoms with van der Waals surface area (Å²) in [5.41, 5.74) is 4.58. The third kappa shape index (κ3) is 3.34. The summed E-state index contributed by atoms with van der Waals surface area (Å²) in [6.07, 6.45) is -0.498. The van der Waals surface area contributed by atoms with E-state index in [4.69, 9.17) is 0 Å². The number of hydrogen-bond donors (Lipinski definition) is 2. The summed E-state index contributed by atoms with van der Waals surface area (Å²) in [4.78, 5) is 40.6. The van der Waals surface area contributed by atoms with E-state index in [0.717, 1.165) is 10.7 Å². The van der Waals surface area contributed by atoms with Gasteiger partial charge in [0, 0.05) is 24.5 Å². The second kappa shape index (κ2) is 7.08. The zero-order chi connectivity index (χ0) is 18.8. The first-order chi connectivity index (χ1) is 13.1. The van der Waals surface area contributed by atoms with Gasteiger partial charge in [-0.1, -0.05) is 36.4 Å². The Kier molecular flexibility index (Phi) is 4.47. The molecule has 2 aromatic carbocycles. The molecule has 2 saturated heterocycles. The maximum absolute atomic E-state index is 12.5. The van der Waals surface area contributed by atoms with Crippen LogP contribution in [0.3, 0.4) is 0 Å². The Morgan fingerprint density at radius 2 is 1.56 bits per heavy atom. The monoisotopic (exact) mass is 365 g/mol. The molecule has 3 amide bonds. The van der Waals surface area contributed by atoms with Crippen molar-refractivity contribution >= 4 is 29.1 Å². The van der Waals surface area contributed by atoms with Gasteiger partial charge >= 0.3 is 11.8 Å². The highest BCUT2D eigenvalue weighted by molar-refractivity contribution is 6.35. The van der Waals surface area contributed by atoms with Gasteiger partial charge in [-0.25, -0.2) is 0 Å². The first kappa shape index (κ1) is 17.0. The zero-order valence-electron chi connectivity index (χ0n) is 14.5. The molecule has 0 spiro atoms. The topological polar surface area (TPSA) is 85.0 Å². The van der Waals surface area contributed by atoms with Crippen LogP contribution >= 0.6 is 0 Å². The molecule has 1 unspecified atom stereocenters. The average Bonchev–Trinajstić information content (AvgIpc) is 3.11. The first-order valence-corrected chi connectivity index (χ1v) is 8.69. The fourth-order valence-electron chi connectivity index (χ4n) is 3.29. The molecule has 0 bridgehead atoms. The number of anilines is 2. The van der Waals surface area contributed by atoms with E-state index in [1.54, 1.807) is 24.3 Å². The van der Waals surface area contributed by atoms with Gasteiger partial charge in [-0.3, -0.25) is 24.3 Å². The first-order valence-electron chi connectivity index (χ1n) is 8.69. The van der Waals surface area contributed by atoms with Crippen molar-refractivity contribution in [3.63, 3.8) is 0 Å². The van der Waals surface area contributed by atoms with E-state index in [2.05, 4.69) is 10.7 Å². The lowest BCUT2D eigenvalue weighted by atomic mass is 10.3. The lowest BCUT2D eigenvalue weighted by Crippen LogP contribution is -2.68. The number of fused-ring (bicyclic) bond motifs is 1. The molecule has 2 heterocycles. The van der Waals surface area contributed by atoms with Crippen molar-refractivity contribution in [2.45, 2.75) is 6.29 Å². The van der Waals surface area contributed by atoms with Gasteiger partial charge in [0.15, 0.2) is 6.29 Å². The van der Waals surface area contributed by atoms with Crippen LogP contribution in [0.25, 0.3) is 0 Å². The molecule has 1 atom stereocenters. The maximum Gasteiger partial charge on any atom is 0.326 e. The molecule has 4 rings (SSSR count). The highest BCUT2D eigenvalue weighted by Gasteiger charge is 2.45. The summed E-state index contributed by atoms with van der Waals surface area (Å²) in [5, 5.41) is 3.80. The molecule has 2 aliphatic rings. The maximum atomic E-state index is 12.5. The van der Waals surface area contributed by atoms with Crippen molar-refractivity contribution in [1.82, 2.24) is 15.3 Å². The summed E-state index contributed by atoms with van der Waals surface area (Å²) >= 11 is 0. The third-order valence-electron chi connectivity index (χ3n) is 4.58. The lowest BCUT2D eigenvalue weighted by Gasteiger charge is -2.40. The van der Waals surface area contributed by atoms with Crippen molar-refractivity contribution in [3.8, 4) is 0 Å². The van der Waals surface area contributed by atoms with Gasteiger partial charge in [-0.2, -0.15) is 5.43 Å². The van der Waals surface area contributed by atoms with Crippen LogP contribution in [-0.4, -0.2) is 53.6 Å². The normalized spacial score (nSPS) is 19.3. The summed E-state index contributed by atoms with van der Waals surface area (Å²) in [6.45, 7) is 0.790. The molecule has 138 valence electrons. The smallest absolute Gasteiger partial charge is 0.326 e. The Morgan fingerprint density at radius 3 is 2.26 bits per heavy atom. The molecule has 27 heavy (non-hydrogen) atoms. The quantitative estimate of drug-likeness (QED) is 0.776. The van der Waals surface area contributed by atoms with Crippen molar-refractivity contribution in [3.05, 3.63) is 60.7 Å².